The Hall–Kier alpha value is -2.37. The molecule has 1 aromatic heterocycles. The number of furan rings is 1. The molecule has 0 amide bonds. The SMILES string of the molecule is Cc1cc(C(C)Nc2cc(C(=O)O)c(F)cc2F)c(C)o1. The number of carboxylic acids is 1. The summed E-state index contributed by atoms with van der Waals surface area (Å²) in [4.78, 5) is 10.9. The molecule has 0 aliphatic heterocycles. The van der Waals surface area contributed by atoms with Crippen molar-refractivity contribution in [2.24, 2.45) is 0 Å². The fourth-order valence-corrected chi connectivity index (χ4v) is 2.21. The van der Waals surface area contributed by atoms with Gasteiger partial charge in [0.1, 0.15) is 23.2 Å². The molecular formula is C15H15F2NO3. The van der Waals surface area contributed by atoms with Gasteiger partial charge in [0.05, 0.1) is 17.3 Å². The number of halogens is 2. The van der Waals surface area contributed by atoms with Crippen molar-refractivity contribution in [3.63, 3.8) is 0 Å². The second-order valence-corrected chi connectivity index (χ2v) is 4.85. The van der Waals surface area contributed by atoms with E-state index in [4.69, 9.17) is 9.52 Å². The van der Waals surface area contributed by atoms with Gasteiger partial charge in [0, 0.05) is 11.6 Å². The maximum absolute atomic E-state index is 13.8. The quantitative estimate of drug-likeness (QED) is 0.893. The van der Waals surface area contributed by atoms with E-state index in [-0.39, 0.29) is 11.7 Å². The number of nitrogens with one attached hydrogen (secondary N) is 1. The van der Waals surface area contributed by atoms with Gasteiger partial charge in [-0.25, -0.2) is 13.6 Å². The van der Waals surface area contributed by atoms with Crippen LogP contribution in [0.4, 0.5) is 14.5 Å². The summed E-state index contributed by atoms with van der Waals surface area (Å²) in [5.41, 5.74) is 0.179. The zero-order chi connectivity index (χ0) is 15.7. The van der Waals surface area contributed by atoms with Gasteiger partial charge >= 0.3 is 5.97 Å². The highest BCUT2D eigenvalue weighted by molar-refractivity contribution is 5.89. The molecule has 2 rings (SSSR count). The summed E-state index contributed by atoms with van der Waals surface area (Å²) < 4.78 is 32.5. The maximum atomic E-state index is 13.8. The van der Waals surface area contributed by atoms with Gasteiger partial charge < -0.3 is 14.8 Å². The second kappa shape index (κ2) is 5.55. The van der Waals surface area contributed by atoms with Crippen molar-refractivity contribution < 1.29 is 23.1 Å². The number of aryl methyl sites for hydroxylation is 2. The highest BCUT2D eigenvalue weighted by Gasteiger charge is 2.18. The van der Waals surface area contributed by atoms with Gasteiger partial charge in [0.15, 0.2) is 0 Å². The summed E-state index contributed by atoms with van der Waals surface area (Å²) in [7, 11) is 0. The van der Waals surface area contributed by atoms with Crippen molar-refractivity contribution in [2.75, 3.05) is 5.32 Å². The molecular weight excluding hydrogens is 280 g/mol. The Balaban J connectivity index is 2.33. The molecule has 0 radical (unpaired) electrons. The van der Waals surface area contributed by atoms with Crippen LogP contribution in [0.3, 0.4) is 0 Å². The number of rotatable bonds is 4. The van der Waals surface area contributed by atoms with Crippen molar-refractivity contribution in [1.82, 2.24) is 0 Å². The van der Waals surface area contributed by atoms with Crippen LogP contribution in [0.2, 0.25) is 0 Å². The van der Waals surface area contributed by atoms with Crippen LogP contribution in [0.1, 0.15) is 40.4 Å². The van der Waals surface area contributed by atoms with Crippen LogP contribution in [-0.2, 0) is 0 Å². The summed E-state index contributed by atoms with van der Waals surface area (Å²) in [5, 5.41) is 11.7. The highest BCUT2D eigenvalue weighted by Crippen LogP contribution is 2.27. The zero-order valence-corrected chi connectivity index (χ0v) is 11.8. The Labute approximate surface area is 120 Å². The first-order valence-electron chi connectivity index (χ1n) is 6.35. The number of hydrogen-bond donors (Lipinski definition) is 2. The third-order valence-electron chi connectivity index (χ3n) is 3.21. The normalized spacial score (nSPS) is 12.2. The first-order chi connectivity index (χ1) is 9.79. The first kappa shape index (κ1) is 15.0. The largest absolute Gasteiger partial charge is 0.478 e. The smallest absolute Gasteiger partial charge is 0.338 e. The average molecular weight is 295 g/mol. The first-order valence-corrected chi connectivity index (χ1v) is 6.35. The lowest BCUT2D eigenvalue weighted by molar-refractivity contribution is 0.0692. The van der Waals surface area contributed by atoms with Crippen LogP contribution in [0.25, 0.3) is 0 Å². The van der Waals surface area contributed by atoms with Crippen LogP contribution in [0, 0.1) is 25.5 Å². The molecule has 1 aromatic carbocycles. The minimum absolute atomic E-state index is 0.0699. The van der Waals surface area contributed by atoms with Crippen LogP contribution >= 0.6 is 0 Å². The number of anilines is 1. The predicted molar refractivity (Wildman–Crippen MR) is 73.5 cm³/mol. The summed E-state index contributed by atoms with van der Waals surface area (Å²) in [5.74, 6) is -1.98. The molecule has 6 heteroatoms. The summed E-state index contributed by atoms with van der Waals surface area (Å²) in [6.07, 6.45) is 0. The van der Waals surface area contributed by atoms with Crippen molar-refractivity contribution >= 4 is 11.7 Å². The monoisotopic (exact) mass is 295 g/mol. The molecule has 21 heavy (non-hydrogen) atoms. The topological polar surface area (TPSA) is 62.5 Å². The lowest BCUT2D eigenvalue weighted by atomic mass is 10.1. The second-order valence-electron chi connectivity index (χ2n) is 4.85. The molecule has 112 valence electrons. The minimum atomic E-state index is -1.45. The third-order valence-corrected chi connectivity index (χ3v) is 3.21. The molecule has 0 saturated carbocycles. The van der Waals surface area contributed by atoms with Gasteiger partial charge in [0.25, 0.3) is 0 Å². The van der Waals surface area contributed by atoms with Crippen molar-refractivity contribution in [2.45, 2.75) is 26.8 Å². The minimum Gasteiger partial charge on any atom is -0.478 e. The number of hydrogen-bond acceptors (Lipinski definition) is 3. The Kier molecular flexibility index (Phi) is 3.97. The summed E-state index contributed by atoms with van der Waals surface area (Å²) in [6, 6.07) is 3.01. The molecule has 0 bridgehead atoms. The zero-order valence-electron chi connectivity index (χ0n) is 11.8. The van der Waals surface area contributed by atoms with Crippen molar-refractivity contribution in [3.05, 3.63) is 52.5 Å². The number of carbonyl (C=O) groups is 1. The summed E-state index contributed by atoms with van der Waals surface area (Å²) >= 11 is 0. The molecule has 0 aliphatic rings. The molecule has 4 nitrogen and oxygen atoms in total. The molecule has 1 atom stereocenters. The van der Waals surface area contributed by atoms with Gasteiger partial charge in [0.2, 0.25) is 0 Å². The third kappa shape index (κ3) is 3.04. The standard InChI is InChI=1S/C15H15F2NO3/c1-7-4-10(9(3)21-7)8(2)18-14-5-11(15(19)20)12(16)6-13(14)17/h4-6,8,18H,1-3H3,(H,19,20). The number of benzene rings is 1. The van der Waals surface area contributed by atoms with Crippen LogP contribution < -0.4 is 5.32 Å². The highest BCUT2D eigenvalue weighted by atomic mass is 19.1. The van der Waals surface area contributed by atoms with E-state index in [0.717, 1.165) is 17.4 Å². The Morgan fingerprint density at radius 2 is 1.90 bits per heavy atom. The van der Waals surface area contributed by atoms with Gasteiger partial charge in [-0.15, -0.1) is 0 Å². The number of carboxylic acid groups (broad SMARTS) is 1. The van der Waals surface area contributed by atoms with Gasteiger partial charge in [-0.2, -0.15) is 0 Å². The van der Waals surface area contributed by atoms with Gasteiger partial charge in [-0.1, -0.05) is 0 Å². The van der Waals surface area contributed by atoms with E-state index in [9.17, 15) is 13.6 Å². The van der Waals surface area contributed by atoms with E-state index in [2.05, 4.69) is 5.32 Å². The Bertz CT molecular complexity index is 694. The number of aromatic carboxylic acids is 1. The van der Waals surface area contributed by atoms with Crippen LogP contribution in [0.15, 0.2) is 22.6 Å². The lowest BCUT2D eigenvalue weighted by Gasteiger charge is -2.16. The fourth-order valence-electron chi connectivity index (χ4n) is 2.21. The lowest BCUT2D eigenvalue weighted by Crippen LogP contribution is -2.10. The average Bonchev–Trinajstić information content (AvgIpc) is 2.71. The summed E-state index contributed by atoms with van der Waals surface area (Å²) in [6.45, 7) is 5.36. The fraction of sp³-hybridized carbons (Fsp3) is 0.267. The van der Waals surface area contributed by atoms with Gasteiger partial charge in [-0.3, -0.25) is 0 Å². The van der Waals surface area contributed by atoms with E-state index in [1.54, 1.807) is 20.8 Å². The molecule has 0 spiro atoms. The maximum Gasteiger partial charge on any atom is 0.338 e. The molecule has 0 fully saturated rings. The molecule has 0 saturated heterocycles. The van der Waals surface area contributed by atoms with Crippen molar-refractivity contribution in [1.29, 1.82) is 0 Å². The van der Waals surface area contributed by atoms with E-state index < -0.39 is 23.2 Å². The van der Waals surface area contributed by atoms with Crippen LogP contribution in [-0.4, -0.2) is 11.1 Å². The molecule has 2 N–H and O–H groups in total. The van der Waals surface area contributed by atoms with E-state index in [0.29, 0.717) is 11.8 Å². The van der Waals surface area contributed by atoms with E-state index >= 15 is 0 Å². The molecule has 0 aliphatic carbocycles. The van der Waals surface area contributed by atoms with E-state index in [1.807, 2.05) is 6.07 Å². The van der Waals surface area contributed by atoms with Crippen molar-refractivity contribution in [3.8, 4) is 0 Å². The molecule has 1 unspecified atom stereocenters. The molecule has 1 heterocycles. The molecule has 2 aromatic rings. The van der Waals surface area contributed by atoms with Gasteiger partial charge in [-0.05, 0) is 32.9 Å². The predicted octanol–water partition coefficient (Wildman–Crippen LogP) is 4.05. The Morgan fingerprint density at radius 3 is 2.43 bits per heavy atom. The Morgan fingerprint density at radius 1 is 1.24 bits per heavy atom. The van der Waals surface area contributed by atoms with Crippen LogP contribution in [0.5, 0.6) is 0 Å². The van der Waals surface area contributed by atoms with E-state index in [1.165, 1.54) is 0 Å².